The van der Waals surface area contributed by atoms with Gasteiger partial charge in [-0.05, 0) is 49.2 Å². The molecule has 3 rings (SSSR count). The normalized spacial score (nSPS) is 16.5. The molecule has 0 saturated carbocycles. The van der Waals surface area contributed by atoms with Gasteiger partial charge in [-0.1, -0.05) is 6.07 Å². The number of ether oxygens (including phenoxy) is 2. The zero-order chi connectivity index (χ0) is 17.6. The van der Waals surface area contributed by atoms with Gasteiger partial charge >= 0.3 is 0 Å². The monoisotopic (exact) mass is 340 g/mol. The molecule has 0 aliphatic carbocycles. The van der Waals surface area contributed by atoms with Crippen LogP contribution < -0.4 is 15.0 Å². The van der Waals surface area contributed by atoms with Crippen molar-refractivity contribution < 1.29 is 14.3 Å². The van der Waals surface area contributed by atoms with E-state index in [2.05, 4.69) is 5.32 Å². The van der Waals surface area contributed by atoms with Crippen molar-refractivity contribution in [1.82, 2.24) is 0 Å². The quantitative estimate of drug-likeness (QED) is 0.873. The van der Waals surface area contributed by atoms with E-state index in [9.17, 15) is 4.79 Å². The van der Waals surface area contributed by atoms with Gasteiger partial charge in [-0.15, -0.1) is 0 Å². The van der Waals surface area contributed by atoms with Crippen LogP contribution in [0.15, 0.2) is 48.5 Å². The van der Waals surface area contributed by atoms with Gasteiger partial charge in [-0.25, -0.2) is 0 Å². The number of amides is 1. The average molecular weight is 340 g/mol. The number of hydrogen-bond acceptors (Lipinski definition) is 4. The van der Waals surface area contributed by atoms with Gasteiger partial charge in [0.15, 0.2) is 0 Å². The number of carbonyl (C=O) groups excluding carboxylic acids is 1. The molecular formula is C20H24N2O3. The summed E-state index contributed by atoms with van der Waals surface area (Å²) in [4.78, 5) is 14.4. The van der Waals surface area contributed by atoms with Gasteiger partial charge in [-0.3, -0.25) is 4.79 Å². The second kappa shape index (κ2) is 8.03. The Bertz CT molecular complexity index is 707. The van der Waals surface area contributed by atoms with Crippen molar-refractivity contribution in [1.29, 1.82) is 0 Å². The summed E-state index contributed by atoms with van der Waals surface area (Å²) in [7, 11) is 3.94. The lowest BCUT2D eigenvalue weighted by Crippen LogP contribution is -2.16. The zero-order valence-electron chi connectivity index (χ0n) is 14.7. The van der Waals surface area contributed by atoms with Gasteiger partial charge < -0.3 is 19.7 Å². The predicted octanol–water partition coefficient (Wildman–Crippen LogP) is 3.56. The average Bonchev–Trinajstić information content (AvgIpc) is 3.14. The van der Waals surface area contributed by atoms with Crippen LogP contribution in [0, 0.1) is 0 Å². The predicted molar refractivity (Wildman–Crippen MR) is 99.6 cm³/mol. The van der Waals surface area contributed by atoms with Crippen LogP contribution in [0.3, 0.4) is 0 Å². The van der Waals surface area contributed by atoms with Crippen LogP contribution in [0.1, 0.15) is 23.2 Å². The lowest BCUT2D eigenvalue weighted by Gasteiger charge is -2.13. The molecule has 2 aromatic rings. The largest absolute Gasteiger partial charge is 0.491 e. The van der Waals surface area contributed by atoms with Crippen molar-refractivity contribution in [3.63, 3.8) is 0 Å². The van der Waals surface area contributed by atoms with E-state index in [-0.39, 0.29) is 12.0 Å². The van der Waals surface area contributed by atoms with Crippen LogP contribution in [0.2, 0.25) is 0 Å². The zero-order valence-corrected chi connectivity index (χ0v) is 14.7. The summed E-state index contributed by atoms with van der Waals surface area (Å²) in [6.07, 6.45) is 2.31. The third-order valence-corrected chi connectivity index (χ3v) is 4.20. The Labute approximate surface area is 148 Å². The van der Waals surface area contributed by atoms with E-state index >= 15 is 0 Å². The number of benzene rings is 2. The molecule has 0 spiro atoms. The van der Waals surface area contributed by atoms with Gasteiger partial charge in [-0.2, -0.15) is 0 Å². The highest BCUT2D eigenvalue weighted by molar-refractivity contribution is 6.04. The minimum Gasteiger partial charge on any atom is -0.491 e. The summed E-state index contributed by atoms with van der Waals surface area (Å²) < 4.78 is 11.3. The molecule has 1 aliphatic rings. The van der Waals surface area contributed by atoms with Crippen molar-refractivity contribution in [2.24, 2.45) is 0 Å². The molecule has 1 heterocycles. The molecule has 1 saturated heterocycles. The molecule has 1 aliphatic heterocycles. The van der Waals surface area contributed by atoms with Gasteiger partial charge in [0.25, 0.3) is 5.91 Å². The van der Waals surface area contributed by atoms with Crippen molar-refractivity contribution in [3.05, 3.63) is 54.1 Å². The fourth-order valence-corrected chi connectivity index (χ4v) is 2.74. The molecule has 0 bridgehead atoms. The number of rotatable bonds is 6. The first-order valence-corrected chi connectivity index (χ1v) is 8.55. The molecule has 0 unspecified atom stereocenters. The fraction of sp³-hybridized carbons (Fsp3) is 0.350. The highest BCUT2D eigenvalue weighted by atomic mass is 16.5. The van der Waals surface area contributed by atoms with E-state index in [4.69, 9.17) is 9.47 Å². The molecule has 1 N–H and O–H groups in total. The summed E-state index contributed by atoms with van der Waals surface area (Å²) in [5.74, 6) is 0.595. The van der Waals surface area contributed by atoms with Crippen LogP contribution in [-0.2, 0) is 4.74 Å². The van der Waals surface area contributed by atoms with E-state index in [1.165, 1.54) is 0 Å². The summed E-state index contributed by atoms with van der Waals surface area (Å²) >= 11 is 0. The van der Waals surface area contributed by atoms with Gasteiger partial charge in [0.2, 0.25) is 0 Å². The summed E-state index contributed by atoms with van der Waals surface area (Å²) in [6, 6.07) is 14.9. The minimum atomic E-state index is -0.137. The van der Waals surface area contributed by atoms with Gasteiger partial charge in [0, 0.05) is 43.7 Å². The van der Waals surface area contributed by atoms with Crippen LogP contribution in [0.4, 0.5) is 11.4 Å². The summed E-state index contributed by atoms with van der Waals surface area (Å²) in [5, 5.41) is 2.91. The number of carbonyl (C=O) groups is 1. The summed E-state index contributed by atoms with van der Waals surface area (Å²) in [6.45, 7) is 1.36. The highest BCUT2D eigenvalue weighted by Gasteiger charge is 2.16. The molecular weight excluding hydrogens is 316 g/mol. The fourth-order valence-electron chi connectivity index (χ4n) is 2.74. The second-order valence-electron chi connectivity index (χ2n) is 6.37. The van der Waals surface area contributed by atoms with E-state index in [1.807, 2.05) is 67.5 Å². The Balaban J connectivity index is 1.59. The lowest BCUT2D eigenvalue weighted by atomic mass is 10.2. The standard InChI is InChI=1S/C20H24N2O3/c1-22(2)17-10-8-15(9-11-17)20(23)21-16-5-3-6-18(13-16)25-14-19-7-4-12-24-19/h3,5-6,8-11,13,19H,4,7,12,14H2,1-2H3,(H,21,23)/t19-/m1/s1. The molecule has 1 amide bonds. The maximum Gasteiger partial charge on any atom is 0.255 e. The van der Waals surface area contributed by atoms with Crippen molar-refractivity contribution >= 4 is 17.3 Å². The summed E-state index contributed by atoms with van der Waals surface area (Å²) in [5.41, 5.74) is 2.39. The number of anilines is 2. The topological polar surface area (TPSA) is 50.8 Å². The number of nitrogens with zero attached hydrogens (tertiary/aromatic N) is 1. The molecule has 1 fully saturated rings. The maximum absolute atomic E-state index is 12.4. The van der Waals surface area contributed by atoms with Gasteiger partial charge in [0.1, 0.15) is 12.4 Å². The highest BCUT2D eigenvalue weighted by Crippen LogP contribution is 2.20. The lowest BCUT2D eigenvalue weighted by molar-refractivity contribution is 0.0680. The molecule has 5 nitrogen and oxygen atoms in total. The SMILES string of the molecule is CN(C)c1ccc(C(=O)Nc2cccc(OC[C@H]3CCCO3)c2)cc1. The molecule has 132 valence electrons. The van der Waals surface area contributed by atoms with Crippen molar-refractivity contribution in [2.45, 2.75) is 18.9 Å². The minimum absolute atomic E-state index is 0.137. The van der Waals surface area contributed by atoms with Crippen LogP contribution in [0.5, 0.6) is 5.75 Å². The Kier molecular flexibility index (Phi) is 5.56. The van der Waals surface area contributed by atoms with Crippen LogP contribution in [0.25, 0.3) is 0 Å². The maximum atomic E-state index is 12.4. The van der Waals surface area contributed by atoms with E-state index in [0.717, 1.165) is 30.9 Å². The Morgan fingerprint density at radius 2 is 2.04 bits per heavy atom. The third-order valence-electron chi connectivity index (χ3n) is 4.20. The Morgan fingerprint density at radius 1 is 1.24 bits per heavy atom. The molecule has 0 radical (unpaired) electrons. The van der Waals surface area contributed by atoms with Crippen molar-refractivity contribution in [3.8, 4) is 5.75 Å². The molecule has 25 heavy (non-hydrogen) atoms. The van der Waals surface area contributed by atoms with Crippen LogP contribution >= 0.6 is 0 Å². The smallest absolute Gasteiger partial charge is 0.255 e. The number of nitrogens with one attached hydrogen (secondary N) is 1. The second-order valence-corrected chi connectivity index (χ2v) is 6.37. The van der Waals surface area contributed by atoms with E-state index in [0.29, 0.717) is 17.9 Å². The third kappa shape index (κ3) is 4.73. The van der Waals surface area contributed by atoms with Crippen molar-refractivity contribution in [2.75, 3.05) is 37.5 Å². The van der Waals surface area contributed by atoms with Gasteiger partial charge in [0.05, 0.1) is 6.10 Å². The number of hydrogen-bond donors (Lipinski definition) is 1. The van der Waals surface area contributed by atoms with E-state index < -0.39 is 0 Å². The molecule has 0 aromatic heterocycles. The first kappa shape index (κ1) is 17.3. The molecule has 1 atom stereocenters. The molecule has 2 aromatic carbocycles. The Hall–Kier alpha value is -2.53. The van der Waals surface area contributed by atoms with Crippen LogP contribution in [-0.4, -0.2) is 39.3 Å². The first-order chi connectivity index (χ1) is 12.1. The molecule has 5 heteroatoms. The first-order valence-electron chi connectivity index (χ1n) is 8.55. The van der Waals surface area contributed by atoms with E-state index in [1.54, 1.807) is 0 Å². The Morgan fingerprint density at radius 3 is 2.72 bits per heavy atom.